The van der Waals surface area contributed by atoms with E-state index < -0.39 is 7.92 Å². The average Bonchev–Trinajstić information content (AvgIpc) is 3.19. The SMILES string of the molecule is CC1=[C-]C(Cc2ccccc2)OC1=O.[Au+].c1ccc(P(c2ccccc2)c2ccccc2)cc1. The molecule has 1 aliphatic heterocycles. The van der Waals surface area contributed by atoms with Crippen molar-refractivity contribution >= 4 is 29.8 Å². The first kappa shape index (κ1) is 25.9. The first-order valence-corrected chi connectivity index (χ1v) is 12.3. The summed E-state index contributed by atoms with van der Waals surface area (Å²) < 4.78 is 5.09. The minimum Gasteiger partial charge on any atom is -0.557 e. The molecule has 0 aliphatic carbocycles. The van der Waals surface area contributed by atoms with E-state index in [0.717, 1.165) is 5.56 Å². The molecule has 34 heavy (non-hydrogen) atoms. The number of carbonyl (C=O) groups is 1. The topological polar surface area (TPSA) is 26.3 Å². The second-order valence-electron chi connectivity index (χ2n) is 7.70. The molecule has 2 nitrogen and oxygen atoms in total. The molecule has 1 heterocycles. The van der Waals surface area contributed by atoms with Crippen molar-refractivity contribution in [2.45, 2.75) is 19.4 Å². The van der Waals surface area contributed by atoms with E-state index in [0.29, 0.717) is 12.0 Å². The monoisotopic (exact) mass is 646 g/mol. The van der Waals surface area contributed by atoms with Gasteiger partial charge in [-0.2, -0.15) is 0 Å². The molecule has 1 aliphatic rings. The van der Waals surface area contributed by atoms with Crippen LogP contribution in [0.15, 0.2) is 127 Å². The number of ether oxygens (including phenoxy) is 1. The number of rotatable bonds is 5. The number of benzene rings is 4. The molecule has 0 spiro atoms. The molecule has 0 radical (unpaired) electrons. The van der Waals surface area contributed by atoms with Gasteiger partial charge in [-0.05, 0) is 35.8 Å². The van der Waals surface area contributed by atoms with E-state index in [2.05, 4.69) is 97.1 Å². The van der Waals surface area contributed by atoms with Gasteiger partial charge in [-0.15, -0.1) is 5.57 Å². The van der Waals surface area contributed by atoms with Crippen LogP contribution in [0.1, 0.15) is 12.5 Å². The zero-order valence-electron chi connectivity index (χ0n) is 18.9. The van der Waals surface area contributed by atoms with E-state index in [1.807, 2.05) is 30.3 Å². The number of esters is 1. The van der Waals surface area contributed by atoms with Gasteiger partial charge in [-0.1, -0.05) is 128 Å². The number of hydrogen-bond donors (Lipinski definition) is 0. The zero-order chi connectivity index (χ0) is 22.9. The molecule has 1 unspecified atom stereocenters. The molecule has 4 aromatic rings. The molecular formula is C30H26AuO2P. The molecule has 174 valence electrons. The maximum Gasteiger partial charge on any atom is 1.00 e. The normalized spacial score (nSPS) is 14.4. The van der Waals surface area contributed by atoms with Gasteiger partial charge in [-0.3, -0.25) is 0 Å². The molecule has 4 aromatic carbocycles. The summed E-state index contributed by atoms with van der Waals surface area (Å²) in [4.78, 5) is 11.1. The molecular weight excluding hydrogens is 620 g/mol. The summed E-state index contributed by atoms with van der Waals surface area (Å²) >= 11 is 0. The summed E-state index contributed by atoms with van der Waals surface area (Å²) in [6.45, 7) is 1.73. The second-order valence-corrected chi connectivity index (χ2v) is 9.92. The standard InChI is InChI=1S/C18H15P.C12H11O2.Au/c1-4-10-16(11-5-1)19(17-12-6-2-7-13-17)18-14-8-3-9-15-18;1-9-7-11(14-12(9)13)8-10-5-3-2-4-6-10;/h1-15H;2-6,11H,8H2,1H3;/q;-1;+1. The van der Waals surface area contributed by atoms with Crippen LogP contribution in [0, 0.1) is 6.08 Å². The molecule has 0 amide bonds. The van der Waals surface area contributed by atoms with Gasteiger partial charge in [0.05, 0.1) is 0 Å². The van der Waals surface area contributed by atoms with Crippen molar-refractivity contribution in [2.24, 2.45) is 0 Å². The smallest absolute Gasteiger partial charge is 0.557 e. The van der Waals surface area contributed by atoms with Crippen molar-refractivity contribution in [3.8, 4) is 0 Å². The molecule has 0 fully saturated rings. The van der Waals surface area contributed by atoms with Crippen LogP contribution in [0.2, 0.25) is 0 Å². The van der Waals surface area contributed by atoms with E-state index in [1.54, 1.807) is 6.92 Å². The van der Waals surface area contributed by atoms with Crippen LogP contribution in [0.4, 0.5) is 0 Å². The first-order valence-electron chi connectivity index (χ1n) is 11.0. The summed E-state index contributed by atoms with van der Waals surface area (Å²) in [5.74, 6) is -0.245. The van der Waals surface area contributed by atoms with Crippen LogP contribution in [0.25, 0.3) is 0 Å². The Hall–Kier alpha value is -2.74. The predicted octanol–water partition coefficient (Wildman–Crippen LogP) is 5.35. The van der Waals surface area contributed by atoms with Gasteiger partial charge in [0, 0.05) is 6.10 Å². The van der Waals surface area contributed by atoms with E-state index in [4.69, 9.17) is 4.74 Å². The van der Waals surface area contributed by atoms with Crippen LogP contribution < -0.4 is 15.9 Å². The van der Waals surface area contributed by atoms with Gasteiger partial charge in [0.1, 0.15) is 0 Å². The third-order valence-corrected chi connectivity index (χ3v) is 7.68. The predicted molar refractivity (Wildman–Crippen MR) is 138 cm³/mol. The number of hydrogen-bond acceptors (Lipinski definition) is 2. The second kappa shape index (κ2) is 13.2. The van der Waals surface area contributed by atoms with Crippen LogP contribution in [0.3, 0.4) is 0 Å². The van der Waals surface area contributed by atoms with E-state index in [-0.39, 0.29) is 34.5 Å². The van der Waals surface area contributed by atoms with Crippen LogP contribution in [-0.4, -0.2) is 12.1 Å². The molecule has 4 heteroatoms. The Morgan fingerprint density at radius 3 is 1.41 bits per heavy atom. The maximum absolute atomic E-state index is 11.1. The summed E-state index contributed by atoms with van der Waals surface area (Å²) in [7, 11) is -0.446. The maximum atomic E-state index is 11.1. The van der Waals surface area contributed by atoms with Crippen molar-refractivity contribution in [1.82, 2.24) is 0 Å². The first-order chi connectivity index (χ1) is 16.2. The Kier molecular flexibility index (Phi) is 10.1. The van der Waals surface area contributed by atoms with Gasteiger partial charge < -0.3 is 9.53 Å². The number of carbonyl (C=O) groups excluding carboxylic acids is 1. The van der Waals surface area contributed by atoms with Crippen LogP contribution in [-0.2, 0) is 38.3 Å². The van der Waals surface area contributed by atoms with E-state index in [1.165, 1.54) is 15.9 Å². The average molecular weight is 646 g/mol. The van der Waals surface area contributed by atoms with Crippen molar-refractivity contribution in [3.05, 3.63) is 139 Å². The molecule has 0 bridgehead atoms. The summed E-state index contributed by atoms with van der Waals surface area (Å²) in [5, 5.41) is 4.19. The Balaban J connectivity index is 0.000000193. The van der Waals surface area contributed by atoms with Gasteiger partial charge in [0.25, 0.3) is 0 Å². The summed E-state index contributed by atoms with van der Waals surface area (Å²) in [5.41, 5.74) is 1.75. The fourth-order valence-corrected chi connectivity index (χ4v) is 5.95. The molecule has 0 N–H and O–H groups in total. The van der Waals surface area contributed by atoms with Crippen LogP contribution in [0.5, 0.6) is 0 Å². The molecule has 0 saturated heterocycles. The quantitative estimate of drug-likeness (QED) is 0.127. The fourth-order valence-electron chi connectivity index (χ4n) is 3.65. The van der Waals surface area contributed by atoms with E-state index >= 15 is 0 Å². The molecule has 1 atom stereocenters. The van der Waals surface area contributed by atoms with Crippen LogP contribution >= 0.6 is 7.92 Å². The molecule has 0 aromatic heterocycles. The minimum atomic E-state index is -0.446. The largest absolute Gasteiger partial charge is 1.00 e. The molecule has 5 rings (SSSR count). The van der Waals surface area contributed by atoms with Gasteiger partial charge in [-0.25, -0.2) is 6.08 Å². The summed E-state index contributed by atoms with van der Waals surface area (Å²) in [6.07, 6.45) is 3.51. The minimum absolute atomic E-state index is 0. The Bertz CT molecular complexity index is 1090. The summed E-state index contributed by atoms with van der Waals surface area (Å²) in [6, 6.07) is 42.3. The third kappa shape index (κ3) is 7.13. The Morgan fingerprint density at radius 1 is 0.676 bits per heavy atom. The van der Waals surface area contributed by atoms with Gasteiger partial charge in [0.2, 0.25) is 0 Å². The van der Waals surface area contributed by atoms with E-state index in [9.17, 15) is 4.79 Å². The van der Waals surface area contributed by atoms with Crippen molar-refractivity contribution in [1.29, 1.82) is 0 Å². The fraction of sp³-hybridized carbons (Fsp3) is 0.100. The zero-order valence-corrected chi connectivity index (χ0v) is 22.0. The Labute approximate surface area is 219 Å². The van der Waals surface area contributed by atoms with Crippen molar-refractivity contribution < 1.29 is 31.9 Å². The Morgan fingerprint density at radius 2 is 1.06 bits per heavy atom. The van der Waals surface area contributed by atoms with Crippen molar-refractivity contribution in [3.63, 3.8) is 0 Å². The van der Waals surface area contributed by atoms with Crippen molar-refractivity contribution in [2.75, 3.05) is 0 Å². The number of cyclic esters (lactones) is 1. The third-order valence-electron chi connectivity index (χ3n) is 5.24. The van der Waals surface area contributed by atoms with Gasteiger partial charge >= 0.3 is 22.4 Å². The molecule has 0 saturated carbocycles. The van der Waals surface area contributed by atoms with Gasteiger partial charge in [0.15, 0.2) is 5.97 Å².